The Hall–Kier alpha value is -2.94. The van der Waals surface area contributed by atoms with Crippen LogP contribution in [-0.2, 0) is 4.79 Å². The van der Waals surface area contributed by atoms with Gasteiger partial charge in [0, 0.05) is 11.5 Å². The maximum absolute atomic E-state index is 13.8. The molecule has 1 aliphatic rings. The Morgan fingerprint density at radius 2 is 1.76 bits per heavy atom. The van der Waals surface area contributed by atoms with Gasteiger partial charge in [-0.3, -0.25) is 9.59 Å². The van der Waals surface area contributed by atoms with Gasteiger partial charge >= 0.3 is 0 Å². The fourth-order valence-electron chi connectivity index (χ4n) is 2.91. The van der Waals surface area contributed by atoms with E-state index in [0.29, 0.717) is 18.1 Å². The molecule has 3 rings (SSSR count). The predicted molar refractivity (Wildman–Crippen MR) is 82.0 cm³/mol. The van der Waals surface area contributed by atoms with Crippen molar-refractivity contribution in [1.29, 1.82) is 5.26 Å². The second-order valence-corrected chi connectivity index (χ2v) is 5.93. The molecule has 0 unspecified atom stereocenters. The van der Waals surface area contributed by atoms with Crippen LogP contribution in [0, 0.1) is 40.6 Å². The molecular formula is C19H12F3NO2. The highest BCUT2D eigenvalue weighted by Gasteiger charge is 2.48. The highest BCUT2D eigenvalue weighted by atomic mass is 19.2. The van der Waals surface area contributed by atoms with Gasteiger partial charge in [0.1, 0.15) is 5.82 Å². The number of nitrogens with zero attached hydrogens (tertiary/aromatic N) is 1. The second-order valence-electron chi connectivity index (χ2n) is 5.93. The number of Topliss-reactive ketones (excluding diaryl/α,β-unsaturated/α-hetero) is 2. The smallest absolute Gasteiger partial charge is 0.187 e. The van der Waals surface area contributed by atoms with Gasteiger partial charge in [0.05, 0.1) is 6.07 Å². The largest absolute Gasteiger partial charge is 0.297 e. The summed E-state index contributed by atoms with van der Waals surface area (Å²) in [5.41, 5.74) is 0.125. The fourth-order valence-corrected chi connectivity index (χ4v) is 2.91. The van der Waals surface area contributed by atoms with Crippen LogP contribution in [0.1, 0.15) is 28.3 Å². The monoisotopic (exact) mass is 343 g/mol. The Kier molecular flexibility index (Phi) is 4.41. The van der Waals surface area contributed by atoms with Gasteiger partial charge in [-0.2, -0.15) is 5.26 Å². The Morgan fingerprint density at radius 3 is 2.40 bits per heavy atom. The number of rotatable bonds is 5. The van der Waals surface area contributed by atoms with Crippen LogP contribution in [0.5, 0.6) is 0 Å². The number of benzene rings is 2. The molecule has 0 radical (unpaired) electrons. The number of halogens is 3. The highest BCUT2D eigenvalue weighted by Crippen LogP contribution is 2.50. The van der Waals surface area contributed by atoms with E-state index in [4.69, 9.17) is 0 Å². The normalized spacial score (nSPS) is 19.8. The molecule has 2 aromatic rings. The first-order chi connectivity index (χ1) is 11.9. The summed E-state index contributed by atoms with van der Waals surface area (Å²) >= 11 is 0. The quantitative estimate of drug-likeness (QED) is 0.613. The first-order valence-electron chi connectivity index (χ1n) is 7.61. The van der Waals surface area contributed by atoms with Crippen molar-refractivity contribution in [3.8, 4) is 6.07 Å². The standard InChI is InChI=1S/C19H12F3NO2/c20-15-4-2-1-3-11(15)12-8-13(12)19(25)14(9-23)18(24)10-5-6-16(21)17(22)7-10/h1-7,12-14H,8H2/t12-,13+,14+/m0/s1. The minimum Gasteiger partial charge on any atom is -0.297 e. The van der Waals surface area contributed by atoms with E-state index in [9.17, 15) is 28.0 Å². The van der Waals surface area contributed by atoms with Gasteiger partial charge in [-0.25, -0.2) is 13.2 Å². The van der Waals surface area contributed by atoms with Crippen molar-refractivity contribution in [2.45, 2.75) is 12.3 Å². The molecule has 0 aliphatic heterocycles. The van der Waals surface area contributed by atoms with Crippen molar-refractivity contribution in [3.63, 3.8) is 0 Å². The molecule has 1 fully saturated rings. The molecule has 0 spiro atoms. The van der Waals surface area contributed by atoms with E-state index in [1.807, 2.05) is 0 Å². The Morgan fingerprint density at radius 1 is 1.04 bits per heavy atom. The van der Waals surface area contributed by atoms with E-state index in [2.05, 4.69) is 0 Å². The van der Waals surface area contributed by atoms with Gasteiger partial charge in [0.15, 0.2) is 29.1 Å². The van der Waals surface area contributed by atoms with Gasteiger partial charge in [-0.15, -0.1) is 0 Å². The molecule has 0 aromatic heterocycles. The first kappa shape index (κ1) is 16.9. The third kappa shape index (κ3) is 3.18. The average molecular weight is 343 g/mol. The molecule has 1 saturated carbocycles. The lowest BCUT2D eigenvalue weighted by Gasteiger charge is -2.08. The maximum Gasteiger partial charge on any atom is 0.187 e. The van der Waals surface area contributed by atoms with Crippen LogP contribution in [0.4, 0.5) is 13.2 Å². The van der Waals surface area contributed by atoms with Crippen LogP contribution in [0.25, 0.3) is 0 Å². The van der Waals surface area contributed by atoms with Crippen molar-refractivity contribution < 1.29 is 22.8 Å². The minimum absolute atomic E-state index is 0.248. The van der Waals surface area contributed by atoms with Gasteiger partial charge in [0.25, 0.3) is 0 Å². The molecular weight excluding hydrogens is 331 g/mol. The molecule has 0 N–H and O–H groups in total. The molecule has 3 nitrogen and oxygen atoms in total. The number of ketones is 2. The summed E-state index contributed by atoms with van der Waals surface area (Å²) in [7, 11) is 0. The third-order valence-corrected chi connectivity index (χ3v) is 4.34. The number of carbonyl (C=O) groups excluding carboxylic acids is 2. The van der Waals surface area contributed by atoms with Crippen molar-refractivity contribution in [1.82, 2.24) is 0 Å². The zero-order chi connectivity index (χ0) is 18.1. The van der Waals surface area contributed by atoms with Crippen molar-refractivity contribution >= 4 is 11.6 Å². The minimum atomic E-state index is -1.62. The Labute approximate surface area is 141 Å². The number of nitriles is 1. The van der Waals surface area contributed by atoms with Crippen molar-refractivity contribution in [2.75, 3.05) is 0 Å². The zero-order valence-corrected chi connectivity index (χ0v) is 12.9. The average Bonchev–Trinajstić information content (AvgIpc) is 3.38. The molecule has 0 bridgehead atoms. The summed E-state index contributed by atoms with van der Waals surface area (Å²) in [5.74, 6) is -6.92. The summed E-state index contributed by atoms with van der Waals surface area (Å²) in [4.78, 5) is 24.8. The lowest BCUT2D eigenvalue weighted by Crippen LogP contribution is -2.25. The van der Waals surface area contributed by atoms with Crippen molar-refractivity contribution in [2.24, 2.45) is 11.8 Å². The molecule has 0 amide bonds. The topological polar surface area (TPSA) is 57.9 Å². The summed E-state index contributed by atoms with van der Waals surface area (Å²) in [6, 6.07) is 10.1. The third-order valence-electron chi connectivity index (χ3n) is 4.34. The summed E-state index contributed by atoms with van der Waals surface area (Å²) in [6.45, 7) is 0. The lowest BCUT2D eigenvalue weighted by molar-refractivity contribution is -0.121. The molecule has 2 aromatic carbocycles. The molecule has 6 heteroatoms. The Bertz CT molecular complexity index is 904. The van der Waals surface area contributed by atoms with E-state index in [1.165, 1.54) is 12.1 Å². The van der Waals surface area contributed by atoms with E-state index < -0.39 is 40.9 Å². The van der Waals surface area contributed by atoms with Crippen LogP contribution in [0.2, 0.25) is 0 Å². The van der Waals surface area contributed by atoms with E-state index in [0.717, 1.165) is 12.1 Å². The maximum atomic E-state index is 13.8. The number of hydrogen-bond donors (Lipinski definition) is 0. The van der Waals surface area contributed by atoms with E-state index in [-0.39, 0.29) is 11.5 Å². The second kappa shape index (κ2) is 6.52. The fraction of sp³-hybridized carbons (Fsp3) is 0.211. The van der Waals surface area contributed by atoms with Gasteiger partial charge in [-0.1, -0.05) is 18.2 Å². The highest BCUT2D eigenvalue weighted by molar-refractivity contribution is 6.14. The predicted octanol–water partition coefficient (Wildman–Crippen LogP) is 3.80. The number of hydrogen-bond acceptors (Lipinski definition) is 3. The van der Waals surface area contributed by atoms with Crippen LogP contribution in [-0.4, -0.2) is 11.6 Å². The Balaban J connectivity index is 1.79. The molecule has 1 aliphatic carbocycles. The van der Waals surface area contributed by atoms with Crippen molar-refractivity contribution in [3.05, 3.63) is 71.0 Å². The lowest BCUT2D eigenvalue weighted by atomic mass is 9.91. The summed E-state index contributed by atoms with van der Waals surface area (Å²) < 4.78 is 40.0. The van der Waals surface area contributed by atoms with Crippen LogP contribution in [0.3, 0.4) is 0 Å². The molecule has 0 heterocycles. The van der Waals surface area contributed by atoms with Gasteiger partial charge in [0.2, 0.25) is 0 Å². The van der Waals surface area contributed by atoms with E-state index >= 15 is 0 Å². The first-order valence-corrected chi connectivity index (χ1v) is 7.61. The molecule has 126 valence electrons. The molecule has 0 saturated heterocycles. The van der Waals surface area contributed by atoms with Crippen LogP contribution < -0.4 is 0 Å². The van der Waals surface area contributed by atoms with Crippen LogP contribution >= 0.6 is 0 Å². The van der Waals surface area contributed by atoms with E-state index in [1.54, 1.807) is 18.2 Å². The molecule has 25 heavy (non-hydrogen) atoms. The SMILES string of the molecule is N#C[C@H](C(=O)c1ccc(F)c(F)c1)C(=O)[C@@H]1C[C@H]1c1ccccc1F. The van der Waals surface area contributed by atoms with Gasteiger partial charge < -0.3 is 0 Å². The van der Waals surface area contributed by atoms with Gasteiger partial charge in [-0.05, 0) is 42.2 Å². The zero-order valence-electron chi connectivity index (χ0n) is 12.9. The molecule has 3 atom stereocenters. The van der Waals surface area contributed by atoms with Crippen LogP contribution in [0.15, 0.2) is 42.5 Å². The summed E-state index contributed by atoms with van der Waals surface area (Å²) in [6.07, 6.45) is 0.350. The number of carbonyl (C=O) groups is 2. The summed E-state index contributed by atoms with van der Waals surface area (Å²) in [5, 5.41) is 9.21.